The predicted molar refractivity (Wildman–Crippen MR) is 84.2 cm³/mol. The van der Waals surface area contributed by atoms with Crippen LogP contribution in [-0.4, -0.2) is 19.5 Å². The molecule has 1 aromatic carbocycles. The normalized spacial score (nSPS) is 11.2. The van der Waals surface area contributed by atoms with Gasteiger partial charge in [0.1, 0.15) is 12.1 Å². The number of rotatable bonds is 4. The van der Waals surface area contributed by atoms with Crippen molar-refractivity contribution in [3.63, 3.8) is 0 Å². The predicted octanol–water partition coefficient (Wildman–Crippen LogP) is 3.33. The fraction of sp³-hybridized carbons (Fsp3) is 0.312. The zero-order valence-electron chi connectivity index (χ0n) is 12.5. The van der Waals surface area contributed by atoms with Gasteiger partial charge in [0.25, 0.3) is 0 Å². The van der Waals surface area contributed by atoms with Crippen LogP contribution in [0.15, 0.2) is 37.1 Å². The third-order valence-electron chi connectivity index (χ3n) is 3.55. The summed E-state index contributed by atoms with van der Waals surface area (Å²) in [5.74, 6) is 0.877. The standard InChI is InChI=1S/C16H19N5/c1-11(2)21-10-20-14-5-4-13(6-15(14)21)8-18-16-12(3)7-17-9-19-16/h4-7,9-11H,8H2,1-3H3,(H,17,18,19). The van der Waals surface area contributed by atoms with E-state index >= 15 is 0 Å². The van der Waals surface area contributed by atoms with Crippen molar-refractivity contribution in [3.8, 4) is 0 Å². The Labute approximate surface area is 124 Å². The van der Waals surface area contributed by atoms with Crippen molar-refractivity contribution in [2.45, 2.75) is 33.4 Å². The smallest absolute Gasteiger partial charge is 0.132 e. The quantitative estimate of drug-likeness (QED) is 0.797. The van der Waals surface area contributed by atoms with Crippen LogP contribution >= 0.6 is 0 Å². The van der Waals surface area contributed by atoms with Gasteiger partial charge in [0.15, 0.2) is 0 Å². The Balaban J connectivity index is 1.84. The summed E-state index contributed by atoms with van der Waals surface area (Å²) in [6.07, 6.45) is 5.28. The molecule has 1 N–H and O–H groups in total. The molecule has 5 heteroatoms. The van der Waals surface area contributed by atoms with Crippen molar-refractivity contribution in [2.24, 2.45) is 0 Å². The molecule has 0 amide bonds. The third-order valence-corrected chi connectivity index (χ3v) is 3.55. The summed E-state index contributed by atoms with van der Waals surface area (Å²) in [5.41, 5.74) is 4.46. The summed E-state index contributed by atoms with van der Waals surface area (Å²) in [7, 11) is 0. The van der Waals surface area contributed by atoms with Crippen LogP contribution in [0, 0.1) is 6.92 Å². The number of anilines is 1. The summed E-state index contributed by atoms with van der Waals surface area (Å²) in [5, 5.41) is 3.35. The molecule has 0 aliphatic rings. The Hall–Kier alpha value is -2.43. The molecule has 21 heavy (non-hydrogen) atoms. The zero-order chi connectivity index (χ0) is 14.8. The highest BCUT2D eigenvalue weighted by atomic mass is 15.1. The van der Waals surface area contributed by atoms with E-state index in [1.54, 1.807) is 6.33 Å². The second-order valence-electron chi connectivity index (χ2n) is 5.48. The minimum absolute atomic E-state index is 0.405. The molecule has 0 spiro atoms. The zero-order valence-corrected chi connectivity index (χ0v) is 12.5. The summed E-state index contributed by atoms with van der Waals surface area (Å²) < 4.78 is 2.19. The van der Waals surface area contributed by atoms with E-state index < -0.39 is 0 Å². The van der Waals surface area contributed by atoms with E-state index in [0.717, 1.165) is 23.4 Å². The Morgan fingerprint density at radius 1 is 1.24 bits per heavy atom. The average molecular weight is 281 g/mol. The molecular formula is C16H19N5. The van der Waals surface area contributed by atoms with E-state index in [9.17, 15) is 0 Å². The average Bonchev–Trinajstić information content (AvgIpc) is 2.89. The molecule has 0 fully saturated rings. The van der Waals surface area contributed by atoms with Crippen molar-refractivity contribution in [3.05, 3.63) is 48.2 Å². The van der Waals surface area contributed by atoms with E-state index in [1.807, 2.05) is 19.4 Å². The summed E-state index contributed by atoms with van der Waals surface area (Å²) in [4.78, 5) is 12.7. The van der Waals surface area contributed by atoms with Crippen LogP contribution in [0.25, 0.3) is 11.0 Å². The Morgan fingerprint density at radius 3 is 2.86 bits per heavy atom. The third kappa shape index (κ3) is 2.72. The van der Waals surface area contributed by atoms with E-state index in [-0.39, 0.29) is 0 Å². The second-order valence-corrected chi connectivity index (χ2v) is 5.48. The van der Waals surface area contributed by atoms with Crippen molar-refractivity contribution in [1.29, 1.82) is 0 Å². The van der Waals surface area contributed by atoms with Crippen LogP contribution in [-0.2, 0) is 6.54 Å². The Bertz CT molecular complexity index is 760. The molecule has 0 radical (unpaired) electrons. The van der Waals surface area contributed by atoms with Gasteiger partial charge in [-0.2, -0.15) is 0 Å². The molecule has 3 rings (SSSR count). The van der Waals surface area contributed by atoms with E-state index in [1.165, 1.54) is 11.1 Å². The number of aromatic nitrogens is 4. The SMILES string of the molecule is Cc1cncnc1NCc1ccc2ncn(C(C)C)c2c1. The highest BCUT2D eigenvalue weighted by Crippen LogP contribution is 2.19. The molecule has 2 aromatic heterocycles. The van der Waals surface area contributed by atoms with Gasteiger partial charge in [0.2, 0.25) is 0 Å². The lowest BCUT2D eigenvalue weighted by Gasteiger charge is -2.10. The molecule has 0 aliphatic heterocycles. The van der Waals surface area contributed by atoms with E-state index in [2.05, 4.69) is 56.9 Å². The van der Waals surface area contributed by atoms with Crippen LogP contribution in [0.2, 0.25) is 0 Å². The minimum atomic E-state index is 0.405. The molecule has 5 nitrogen and oxygen atoms in total. The van der Waals surface area contributed by atoms with Crippen LogP contribution in [0.3, 0.4) is 0 Å². The lowest BCUT2D eigenvalue weighted by molar-refractivity contribution is 0.617. The molecule has 0 saturated carbocycles. The second kappa shape index (κ2) is 5.52. The molecule has 0 bridgehead atoms. The number of imidazole rings is 1. The van der Waals surface area contributed by atoms with Gasteiger partial charge < -0.3 is 9.88 Å². The topological polar surface area (TPSA) is 55.6 Å². The summed E-state index contributed by atoms with van der Waals surface area (Å²) in [6, 6.07) is 6.76. The van der Waals surface area contributed by atoms with Crippen LogP contribution in [0.5, 0.6) is 0 Å². The Morgan fingerprint density at radius 2 is 2.10 bits per heavy atom. The number of nitrogens with one attached hydrogen (secondary N) is 1. The van der Waals surface area contributed by atoms with Gasteiger partial charge >= 0.3 is 0 Å². The number of hydrogen-bond donors (Lipinski definition) is 1. The largest absolute Gasteiger partial charge is 0.366 e. The fourth-order valence-corrected chi connectivity index (χ4v) is 2.36. The first-order chi connectivity index (χ1) is 10.1. The highest BCUT2D eigenvalue weighted by molar-refractivity contribution is 5.76. The van der Waals surface area contributed by atoms with Gasteiger partial charge in [-0.1, -0.05) is 6.07 Å². The number of benzene rings is 1. The molecule has 0 saturated heterocycles. The summed E-state index contributed by atoms with van der Waals surface area (Å²) >= 11 is 0. The maximum absolute atomic E-state index is 4.44. The maximum atomic E-state index is 4.44. The van der Waals surface area contributed by atoms with Crippen LogP contribution in [0.1, 0.15) is 31.0 Å². The van der Waals surface area contributed by atoms with Gasteiger partial charge in [0.05, 0.1) is 17.4 Å². The number of fused-ring (bicyclic) bond motifs is 1. The fourth-order valence-electron chi connectivity index (χ4n) is 2.36. The monoisotopic (exact) mass is 281 g/mol. The first-order valence-corrected chi connectivity index (χ1v) is 7.11. The first-order valence-electron chi connectivity index (χ1n) is 7.11. The van der Waals surface area contributed by atoms with Gasteiger partial charge in [-0.3, -0.25) is 0 Å². The van der Waals surface area contributed by atoms with Gasteiger partial charge in [-0.05, 0) is 38.5 Å². The van der Waals surface area contributed by atoms with E-state index in [4.69, 9.17) is 0 Å². The number of hydrogen-bond acceptors (Lipinski definition) is 4. The molecular weight excluding hydrogens is 262 g/mol. The van der Waals surface area contributed by atoms with Gasteiger partial charge in [-0.25, -0.2) is 15.0 Å². The van der Waals surface area contributed by atoms with Crippen molar-refractivity contribution >= 4 is 16.9 Å². The summed E-state index contributed by atoms with van der Waals surface area (Å²) in [6.45, 7) is 7.06. The van der Waals surface area contributed by atoms with E-state index in [0.29, 0.717) is 6.04 Å². The first kappa shape index (κ1) is 13.5. The van der Waals surface area contributed by atoms with Crippen LogP contribution < -0.4 is 5.32 Å². The molecule has 108 valence electrons. The maximum Gasteiger partial charge on any atom is 0.132 e. The minimum Gasteiger partial charge on any atom is -0.366 e. The molecule has 0 unspecified atom stereocenters. The molecule has 3 aromatic rings. The lowest BCUT2D eigenvalue weighted by Crippen LogP contribution is -2.04. The van der Waals surface area contributed by atoms with Gasteiger partial charge in [-0.15, -0.1) is 0 Å². The number of nitrogens with zero attached hydrogens (tertiary/aromatic N) is 4. The molecule has 0 atom stereocenters. The van der Waals surface area contributed by atoms with Crippen molar-refractivity contribution in [1.82, 2.24) is 19.5 Å². The van der Waals surface area contributed by atoms with Crippen molar-refractivity contribution in [2.75, 3.05) is 5.32 Å². The highest BCUT2D eigenvalue weighted by Gasteiger charge is 2.07. The van der Waals surface area contributed by atoms with Crippen LogP contribution in [0.4, 0.5) is 5.82 Å². The molecule has 2 heterocycles. The Kier molecular flexibility index (Phi) is 3.56. The number of aryl methyl sites for hydroxylation is 1. The lowest BCUT2D eigenvalue weighted by atomic mass is 10.2. The van der Waals surface area contributed by atoms with Crippen molar-refractivity contribution < 1.29 is 0 Å². The van der Waals surface area contributed by atoms with Gasteiger partial charge in [0, 0.05) is 24.3 Å². The molecule has 0 aliphatic carbocycles.